The van der Waals surface area contributed by atoms with Crippen molar-refractivity contribution in [2.24, 2.45) is 0 Å². The fraction of sp³-hybridized carbons (Fsp3) is 0.500. The molecular weight excluding hydrogens is 266 g/mol. The molecule has 0 spiro atoms. The SMILES string of the molecule is CC1CCC(C(O)c2cc3c(cc2Cl)NC(=O)C3)O1. The number of hydrogen-bond donors (Lipinski definition) is 2. The Kier molecular flexibility index (Phi) is 3.25. The number of halogens is 1. The largest absolute Gasteiger partial charge is 0.386 e. The number of ether oxygens (including phenoxy) is 1. The Labute approximate surface area is 116 Å². The Bertz CT molecular complexity index is 532. The van der Waals surface area contributed by atoms with Gasteiger partial charge < -0.3 is 15.2 Å². The van der Waals surface area contributed by atoms with Crippen molar-refractivity contribution in [3.05, 3.63) is 28.3 Å². The second-order valence-electron chi connectivity index (χ2n) is 5.26. The van der Waals surface area contributed by atoms with Gasteiger partial charge in [0.15, 0.2) is 0 Å². The third-order valence-electron chi connectivity index (χ3n) is 3.78. The van der Waals surface area contributed by atoms with Gasteiger partial charge in [0.2, 0.25) is 5.91 Å². The highest BCUT2D eigenvalue weighted by molar-refractivity contribution is 6.32. The third-order valence-corrected chi connectivity index (χ3v) is 4.11. The minimum atomic E-state index is -0.738. The lowest BCUT2D eigenvalue weighted by molar-refractivity contribution is -0.115. The monoisotopic (exact) mass is 281 g/mol. The lowest BCUT2D eigenvalue weighted by Gasteiger charge is -2.20. The molecule has 2 N–H and O–H groups in total. The van der Waals surface area contributed by atoms with Gasteiger partial charge in [0.05, 0.1) is 18.6 Å². The summed E-state index contributed by atoms with van der Waals surface area (Å²) in [5, 5.41) is 13.6. The summed E-state index contributed by atoms with van der Waals surface area (Å²) in [4.78, 5) is 11.4. The van der Waals surface area contributed by atoms with Crippen LogP contribution in [0.5, 0.6) is 0 Å². The van der Waals surface area contributed by atoms with Gasteiger partial charge in [-0.1, -0.05) is 11.6 Å². The fourth-order valence-corrected chi connectivity index (χ4v) is 3.04. The van der Waals surface area contributed by atoms with E-state index in [-0.39, 0.29) is 18.1 Å². The molecule has 2 aliphatic rings. The molecule has 3 unspecified atom stereocenters. The molecule has 1 fully saturated rings. The van der Waals surface area contributed by atoms with E-state index >= 15 is 0 Å². The van der Waals surface area contributed by atoms with Gasteiger partial charge in [-0.2, -0.15) is 0 Å². The Morgan fingerprint density at radius 3 is 2.95 bits per heavy atom. The second-order valence-corrected chi connectivity index (χ2v) is 5.67. The number of benzene rings is 1. The molecule has 102 valence electrons. The minimum absolute atomic E-state index is 0.0385. The van der Waals surface area contributed by atoms with Crippen LogP contribution in [0.2, 0.25) is 5.02 Å². The van der Waals surface area contributed by atoms with Crippen LogP contribution in [0.25, 0.3) is 0 Å². The van der Waals surface area contributed by atoms with E-state index in [4.69, 9.17) is 16.3 Å². The molecule has 1 aromatic rings. The maximum atomic E-state index is 11.4. The normalized spacial score (nSPS) is 27.2. The van der Waals surface area contributed by atoms with Crippen LogP contribution in [-0.2, 0) is 16.0 Å². The summed E-state index contributed by atoms with van der Waals surface area (Å²) in [6.07, 6.45) is 1.34. The number of carbonyl (C=O) groups is 1. The van der Waals surface area contributed by atoms with Crippen LogP contribution in [0.3, 0.4) is 0 Å². The highest BCUT2D eigenvalue weighted by Gasteiger charge is 2.31. The van der Waals surface area contributed by atoms with E-state index in [2.05, 4.69) is 5.32 Å². The molecular formula is C14H16ClNO3. The van der Waals surface area contributed by atoms with Gasteiger partial charge in [-0.15, -0.1) is 0 Å². The van der Waals surface area contributed by atoms with Gasteiger partial charge in [-0.3, -0.25) is 4.79 Å². The maximum Gasteiger partial charge on any atom is 0.228 e. The minimum Gasteiger partial charge on any atom is -0.386 e. The average molecular weight is 282 g/mol. The Morgan fingerprint density at radius 2 is 2.26 bits per heavy atom. The molecule has 0 saturated carbocycles. The molecule has 1 amide bonds. The van der Waals surface area contributed by atoms with Gasteiger partial charge in [0.1, 0.15) is 6.10 Å². The van der Waals surface area contributed by atoms with Gasteiger partial charge >= 0.3 is 0 Å². The molecule has 0 bridgehead atoms. The molecule has 1 aromatic carbocycles. The first-order chi connectivity index (χ1) is 9.04. The molecule has 19 heavy (non-hydrogen) atoms. The topological polar surface area (TPSA) is 58.6 Å². The zero-order valence-corrected chi connectivity index (χ0v) is 11.4. The number of aliphatic hydroxyl groups is 1. The van der Waals surface area contributed by atoms with E-state index in [1.807, 2.05) is 13.0 Å². The third kappa shape index (κ3) is 2.36. The molecule has 0 radical (unpaired) electrons. The van der Waals surface area contributed by atoms with Crippen molar-refractivity contribution in [1.82, 2.24) is 0 Å². The van der Waals surface area contributed by atoms with Crippen molar-refractivity contribution in [2.75, 3.05) is 5.32 Å². The molecule has 2 aliphatic heterocycles. The summed E-state index contributed by atoms with van der Waals surface area (Å²) in [7, 11) is 0. The summed E-state index contributed by atoms with van der Waals surface area (Å²) >= 11 is 6.20. The van der Waals surface area contributed by atoms with E-state index in [1.54, 1.807) is 6.07 Å². The molecule has 3 atom stereocenters. The number of anilines is 1. The van der Waals surface area contributed by atoms with Crippen LogP contribution in [0, 0.1) is 0 Å². The van der Waals surface area contributed by atoms with Crippen LogP contribution < -0.4 is 5.32 Å². The van der Waals surface area contributed by atoms with Crippen LogP contribution >= 0.6 is 11.6 Å². The van der Waals surface area contributed by atoms with Gasteiger partial charge in [-0.05, 0) is 37.5 Å². The number of rotatable bonds is 2. The van der Waals surface area contributed by atoms with E-state index in [0.29, 0.717) is 17.0 Å². The van der Waals surface area contributed by atoms with Crippen molar-refractivity contribution in [2.45, 2.75) is 44.5 Å². The zero-order chi connectivity index (χ0) is 13.6. The van der Waals surface area contributed by atoms with Gasteiger partial charge in [0, 0.05) is 16.3 Å². The lowest BCUT2D eigenvalue weighted by atomic mass is 9.99. The first-order valence-corrected chi connectivity index (χ1v) is 6.88. The molecule has 2 heterocycles. The Hall–Kier alpha value is -1.10. The molecule has 3 rings (SSSR count). The van der Waals surface area contributed by atoms with Crippen LogP contribution in [0.4, 0.5) is 5.69 Å². The van der Waals surface area contributed by atoms with Crippen molar-refractivity contribution in [3.63, 3.8) is 0 Å². The van der Waals surface area contributed by atoms with Crippen molar-refractivity contribution >= 4 is 23.2 Å². The lowest BCUT2D eigenvalue weighted by Crippen LogP contribution is -2.19. The number of aliphatic hydroxyl groups excluding tert-OH is 1. The van der Waals surface area contributed by atoms with E-state index in [9.17, 15) is 9.90 Å². The van der Waals surface area contributed by atoms with Gasteiger partial charge in [0.25, 0.3) is 0 Å². The Balaban J connectivity index is 1.89. The molecule has 4 nitrogen and oxygen atoms in total. The van der Waals surface area contributed by atoms with Crippen LogP contribution in [0.15, 0.2) is 12.1 Å². The van der Waals surface area contributed by atoms with Gasteiger partial charge in [-0.25, -0.2) is 0 Å². The molecule has 5 heteroatoms. The predicted molar refractivity (Wildman–Crippen MR) is 72.3 cm³/mol. The summed E-state index contributed by atoms with van der Waals surface area (Å²) < 4.78 is 5.68. The number of amides is 1. The van der Waals surface area contributed by atoms with E-state index in [1.165, 1.54) is 0 Å². The molecule has 0 aliphatic carbocycles. The van der Waals surface area contributed by atoms with E-state index in [0.717, 1.165) is 24.1 Å². The quantitative estimate of drug-likeness (QED) is 0.875. The highest BCUT2D eigenvalue weighted by atomic mass is 35.5. The smallest absolute Gasteiger partial charge is 0.228 e. The summed E-state index contributed by atoms with van der Waals surface area (Å²) in [5.74, 6) is -0.0385. The highest BCUT2D eigenvalue weighted by Crippen LogP contribution is 2.37. The first kappa shape index (κ1) is 12.9. The number of fused-ring (bicyclic) bond motifs is 1. The van der Waals surface area contributed by atoms with Crippen molar-refractivity contribution in [1.29, 1.82) is 0 Å². The average Bonchev–Trinajstić information content (AvgIpc) is 2.92. The van der Waals surface area contributed by atoms with E-state index < -0.39 is 6.10 Å². The molecule has 1 saturated heterocycles. The van der Waals surface area contributed by atoms with Crippen LogP contribution in [0.1, 0.15) is 37.0 Å². The summed E-state index contributed by atoms with van der Waals surface area (Å²) in [5.41, 5.74) is 2.28. The van der Waals surface area contributed by atoms with Crippen LogP contribution in [-0.4, -0.2) is 23.2 Å². The summed E-state index contributed by atoms with van der Waals surface area (Å²) in [6.45, 7) is 2.00. The Morgan fingerprint density at radius 1 is 1.47 bits per heavy atom. The number of hydrogen-bond acceptors (Lipinski definition) is 3. The number of nitrogens with one attached hydrogen (secondary N) is 1. The zero-order valence-electron chi connectivity index (χ0n) is 10.6. The first-order valence-electron chi connectivity index (χ1n) is 6.50. The van der Waals surface area contributed by atoms with Crippen molar-refractivity contribution in [3.8, 4) is 0 Å². The number of carbonyl (C=O) groups excluding carboxylic acids is 1. The fourth-order valence-electron chi connectivity index (χ4n) is 2.76. The second kappa shape index (κ2) is 4.78. The predicted octanol–water partition coefficient (Wildman–Crippen LogP) is 2.44. The maximum absolute atomic E-state index is 11.4. The molecule has 0 aromatic heterocycles. The van der Waals surface area contributed by atoms with Crippen molar-refractivity contribution < 1.29 is 14.6 Å². The summed E-state index contributed by atoms with van der Waals surface area (Å²) in [6, 6.07) is 3.52. The standard InChI is InChI=1S/C14H16ClNO3/c1-7-2-3-12(19-7)14(18)9-4-8-5-13(17)16-11(8)6-10(9)15/h4,6-7,12,14,18H,2-3,5H2,1H3,(H,16,17).